The van der Waals surface area contributed by atoms with Gasteiger partial charge in [-0.1, -0.05) is 0 Å². The van der Waals surface area contributed by atoms with E-state index < -0.39 is 0 Å². The van der Waals surface area contributed by atoms with Crippen molar-refractivity contribution in [1.29, 1.82) is 0 Å². The molecule has 1 rings (SSSR count). The van der Waals surface area contributed by atoms with Crippen molar-refractivity contribution < 1.29 is 9.53 Å². The fourth-order valence-corrected chi connectivity index (χ4v) is 0.564. The van der Waals surface area contributed by atoms with Crippen molar-refractivity contribution in [3.8, 4) is 0 Å². The number of rotatable bonds is 3. The van der Waals surface area contributed by atoms with E-state index in [1.54, 1.807) is 12.5 Å². The van der Waals surface area contributed by atoms with E-state index in [0.717, 1.165) is 0 Å². The normalized spacial score (nSPS) is 15.3. The second-order valence-corrected chi connectivity index (χ2v) is 1.65. The number of carbonyl (C=O) groups excluding carboxylic acids is 1. The van der Waals surface area contributed by atoms with E-state index in [1.807, 2.05) is 4.90 Å². The lowest BCUT2D eigenvalue weighted by atomic mass is 10.8. The van der Waals surface area contributed by atoms with Gasteiger partial charge in [-0.05, 0) is 0 Å². The maximum atomic E-state index is 9.76. The molecule has 0 fully saturated rings. The molecule has 0 bridgehead atoms. The third-order valence-electron chi connectivity index (χ3n) is 0.986. The average molecular weight is 128 g/mol. The third-order valence-corrected chi connectivity index (χ3v) is 0.986. The van der Waals surface area contributed by atoms with Crippen LogP contribution in [0.3, 0.4) is 0 Å². The highest BCUT2D eigenvalue weighted by molar-refractivity contribution is 5.45. The van der Waals surface area contributed by atoms with E-state index in [1.165, 1.54) is 0 Å². The smallest absolute Gasteiger partial charge is 0.208 e. The molecule has 0 aromatic heterocycles. The Morgan fingerprint density at radius 3 is 3.33 bits per heavy atom. The summed E-state index contributed by atoms with van der Waals surface area (Å²) in [6.07, 6.45) is 4.02. The maximum Gasteiger partial charge on any atom is 0.208 e. The summed E-state index contributed by atoms with van der Waals surface area (Å²) in [7, 11) is 0. The lowest BCUT2D eigenvalue weighted by Gasteiger charge is -2.10. The largest absolute Gasteiger partial charge is 0.479 e. The lowest BCUT2D eigenvalue weighted by molar-refractivity contribution is -0.110. The van der Waals surface area contributed by atoms with E-state index in [2.05, 4.69) is 5.32 Å². The van der Waals surface area contributed by atoms with Crippen LogP contribution in [0.15, 0.2) is 12.5 Å². The van der Waals surface area contributed by atoms with Crippen LogP contribution in [0.5, 0.6) is 0 Å². The molecule has 0 unspecified atom stereocenters. The van der Waals surface area contributed by atoms with Gasteiger partial charge in [-0.25, -0.2) is 0 Å². The summed E-state index contributed by atoms with van der Waals surface area (Å²) in [6.45, 7) is 1.04. The Labute approximate surface area is 53.1 Å². The first-order valence-corrected chi connectivity index (χ1v) is 2.63. The van der Waals surface area contributed by atoms with Crippen molar-refractivity contribution >= 4 is 6.41 Å². The topological polar surface area (TPSA) is 41.6 Å². The average Bonchev–Trinajstić information content (AvgIpc) is 2.34. The second-order valence-electron chi connectivity index (χ2n) is 1.65. The highest BCUT2D eigenvalue weighted by Crippen LogP contribution is 1.96. The van der Waals surface area contributed by atoms with Crippen LogP contribution in [0.1, 0.15) is 0 Å². The van der Waals surface area contributed by atoms with Crippen LogP contribution in [0.25, 0.3) is 0 Å². The zero-order chi connectivity index (χ0) is 6.53. The SMILES string of the molecule is O=CNCN1C=COC1. The summed E-state index contributed by atoms with van der Waals surface area (Å²) in [5, 5.41) is 2.50. The van der Waals surface area contributed by atoms with Crippen molar-refractivity contribution in [3.63, 3.8) is 0 Å². The summed E-state index contributed by atoms with van der Waals surface area (Å²) < 4.78 is 4.84. The van der Waals surface area contributed by atoms with Crippen LogP contribution in [0.4, 0.5) is 0 Å². The molecule has 0 aliphatic carbocycles. The summed E-state index contributed by atoms with van der Waals surface area (Å²) >= 11 is 0. The molecule has 1 aliphatic rings. The van der Waals surface area contributed by atoms with Gasteiger partial charge in [-0.3, -0.25) is 4.79 Å². The number of amides is 1. The minimum Gasteiger partial charge on any atom is -0.479 e. The molecule has 0 saturated carbocycles. The van der Waals surface area contributed by atoms with Crippen molar-refractivity contribution in [3.05, 3.63) is 12.5 Å². The Bertz CT molecular complexity index is 124. The first-order valence-electron chi connectivity index (χ1n) is 2.63. The summed E-state index contributed by atoms with van der Waals surface area (Å²) in [5.74, 6) is 0. The molecule has 0 spiro atoms. The third kappa shape index (κ3) is 1.64. The second kappa shape index (κ2) is 2.96. The first kappa shape index (κ1) is 5.94. The zero-order valence-electron chi connectivity index (χ0n) is 4.91. The molecular weight excluding hydrogens is 120 g/mol. The molecule has 1 heterocycles. The van der Waals surface area contributed by atoms with Crippen LogP contribution in [0.2, 0.25) is 0 Å². The monoisotopic (exact) mass is 128 g/mol. The summed E-state index contributed by atoms with van der Waals surface area (Å²) in [6, 6.07) is 0. The molecule has 0 saturated heterocycles. The van der Waals surface area contributed by atoms with Gasteiger partial charge in [0.25, 0.3) is 0 Å². The molecule has 0 aromatic rings. The molecule has 50 valence electrons. The van der Waals surface area contributed by atoms with E-state index >= 15 is 0 Å². The minimum absolute atomic E-state index is 0.514. The number of carbonyl (C=O) groups is 1. The van der Waals surface area contributed by atoms with Crippen LogP contribution in [-0.4, -0.2) is 24.7 Å². The Kier molecular flexibility index (Phi) is 1.95. The van der Waals surface area contributed by atoms with Gasteiger partial charge >= 0.3 is 0 Å². The maximum absolute atomic E-state index is 9.76. The summed E-state index contributed by atoms with van der Waals surface area (Å²) in [5.41, 5.74) is 0. The summed E-state index contributed by atoms with van der Waals surface area (Å²) in [4.78, 5) is 11.6. The number of hydrogen-bond acceptors (Lipinski definition) is 3. The van der Waals surface area contributed by atoms with Crippen molar-refractivity contribution in [2.24, 2.45) is 0 Å². The highest BCUT2D eigenvalue weighted by Gasteiger charge is 2.01. The van der Waals surface area contributed by atoms with Crippen LogP contribution >= 0.6 is 0 Å². The molecule has 1 N–H and O–H groups in total. The molecule has 4 nitrogen and oxygen atoms in total. The Morgan fingerprint density at radius 2 is 2.78 bits per heavy atom. The number of nitrogens with one attached hydrogen (secondary N) is 1. The fraction of sp³-hybridized carbons (Fsp3) is 0.400. The van der Waals surface area contributed by atoms with Crippen molar-refractivity contribution in [2.45, 2.75) is 0 Å². The van der Waals surface area contributed by atoms with Crippen molar-refractivity contribution in [1.82, 2.24) is 10.2 Å². The molecule has 0 radical (unpaired) electrons. The predicted molar refractivity (Wildman–Crippen MR) is 31.0 cm³/mol. The molecule has 1 aliphatic heterocycles. The van der Waals surface area contributed by atoms with Crippen LogP contribution in [-0.2, 0) is 9.53 Å². The predicted octanol–water partition coefficient (Wildman–Crippen LogP) is -0.549. The van der Waals surface area contributed by atoms with Gasteiger partial charge in [0.05, 0.1) is 6.67 Å². The number of ether oxygens (including phenoxy) is 1. The minimum atomic E-state index is 0.514. The van der Waals surface area contributed by atoms with Gasteiger partial charge in [0.1, 0.15) is 6.26 Å². The molecule has 4 heteroatoms. The quantitative estimate of drug-likeness (QED) is 0.518. The molecule has 1 amide bonds. The fourth-order valence-electron chi connectivity index (χ4n) is 0.564. The van der Waals surface area contributed by atoms with Crippen molar-refractivity contribution in [2.75, 3.05) is 13.4 Å². The number of nitrogens with zero attached hydrogens (tertiary/aromatic N) is 1. The van der Waals surface area contributed by atoms with Crippen LogP contribution in [0, 0.1) is 0 Å². The van der Waals surface area contributed by atoms with E-state index in [0.29, 0.717) is 19.8 Å². The van der Waals surface area contributed by atoms with Gasteiger partial charge in [-0.2, -0.15) is 0 Å². The first-order chi connectivity index (χ1) is 4.43. The lowest BCUT2D eigenvalue weighted by Crippen LogP contribution is -2.28. The molecular formula is C5H8N2O2. The number of hydrogen-bond donors (Lipinski definition) is 1. The van der Waals surface area contributed by atoms with Gasteiger partial charge in [0, 0.05) is 6.20 Å². The van der Waals surface area contributed by atoms with E-state index in [9.17, 15) is 4.79 Å². The standard InChI is InChI=1S/C5H8N2O2/c8-4-6-3-7-1-2-9-5-7/h1-2,4H,3,5H2,(H,6,8). The highest BCUT2D eigenvalue weighted by atomic mass is 16.5. The van der Waals surface area contributed by atoms with Gasteiger partial charge in [0.15, 0.2) is 6.73 Å². The van der Waals surface area contributed by atoms with Gasteiger partial charge in [-0.15, -0.1) is 0 Å². The molecule has 0 aromatic carbocycles. The van der Waals surface area contributed by atoms with Crippen LogP contribution < -0.4 is 5.32 Å². The molecule has 9 heavy (non-hydrogen) atoms. The van der Waals surface area contributed by atoms with E-state index in [-0.39, 0.29) is 0 Å². The Balaban J connectivity index is 2.12. The molecule has 0 atom stereocenters. The Hall–Kier alpha value is -1.19. The Morgan fingerprint density at radius 1 is 1.89 bits per heavy atom. The van der Waals surface area contributed by atoms with E-state index in [4.69, 9.17) is 4.74 Å². The zero-order valence-corrected chi connectivity index (χ0v) is 4.91. The van der Waals surface area contributed by atoms with Gasteiger partial charge < -0.3 is 15.0 Å². The van der Waals surface area contributed by atoms with Gasteiger partial charge in [0.2, 0.25) is 6.41 Å².